The van der Waals surface area contributed by atoms with Crippen molar-refractivity contribution in [2.75, 3.05) is 6.61 Å². The second-order valence-electron chi connectivity index (χ2n) is 8.11. The number of nitrogens with one attached hydrogen (secondary N) is 2. The average Bonchev–Trinajstić information content (AvgIpc) is 3.15. The number of benzene rings is 1. The third-order valence-electron chi connectivity index (χ3n) is 4.87. The number of halogens is 1. The first-order chi connectivity index (χ1) is 16.5. The highest BCUT2D eigenvalue weighted by atomic mass is 31.2. The van der Waals surface area contributed by atoms with Crippen molar-refractivity contribution in [1.29, 1.82) is 0 Å². The van der Waals surface area contributed by atoms with E-state index in [1.807, 2.05) is 4.98 Å². The molecule has 0 spiro atoms. The highest BCUT2D eigenvalue weighted by Crippen LogP contribution is 2.45. The summed E-state index contributed by atoms with van der Waals surface area (Å²) in [5.74, 6) is -1.69. The molecule has 192 valence electrons. The minimum atomic E-state index is -4.21. The number of hydrogen-bond donors (Lipinski definition) is 3. The smallest absolute Gasteiger partial charge is 0.459 e. The number of rotatable bonds is 10. The second-order valence-corrected chi connectivity index (χ2v) is 9.80. The van der Waals surface area contributed by atoms with Gasteiger partial charge in [-0.05, 0) is 32.9 Å². The van der Waals surface area contributed by atoms with Crippen LogP contribution in [0.3, 0.4) is 0 Å². The maximum Gasteiger partial charge on any atom is 0.459 e. The number of esters is 1. The van der Waals surface area contributed by atoms with E-state index in [9.17, 15) is 28.4 Å². The van der Waals surface area contributed by atoms with Crippen molar-refractivity contribution in [3.8, 4) is 5.75 Å². The molecular formula is C21H27FN3O9P. The Morgan fingerprint density at radius 2 is 2.00 bits per heavy atom. The number of carbonyl (C=O) groups excluding carboxylic acids is 1. The molecular weight excluding hydrogens is 488 g/mol. The predicted octanol–water partition coefficient (Wildman–Crippen LogP) is 1.46. The SMILES string of the molecule is CC(C)OC(=O)[C@H](C)NP(=O)(OC[C@H]1O[C@@H](n2cc(F)c(=O)[nH]c2=O)C[C@@H]1O)Oc1ccccc1. The van der Waals surface area contributed by atoms with Gasteiger partial charge < -0.3 is 19.1 Å². The van der Waals surface area contributed by atoms with Crippen LogP contribution in [0, 0.1) is 5.82 Å². The predicted molar refractivity (Wildman–Crippen MR) is 120 cm³/mol. The number of para-hydroxylation sites is 1. The normalized spacial score (nSPS) is 22.5. The van der Waals surface area contributed by atoms with Crippen LogP contribution in [0.5, 0.6) is 5.75 Å². The van der Waals surface area contributed by atoms with Gasteiger partial charge in [-0.25, -0.2) is 9.36 Å². The molecule has 0 saturated carbocycles. The van der Waals surface area contributed by atoms with Gasteiger partial charge in [-0.15, -0.1) is 0 Å². The Balaban J connectivity index is 1.73. The van der Waals surface area contributed by atoms with Crippen LogP contribution in [0.2, 0.25) is 0 Å². The van der Waals surface area contributed by atoms with Crippen LogP contribution in [0.4, 0.5) is 4.39 Å². The fourth-order valence-corrected chi connectivity index (χ4v) is 4.72. The zero-order valence-corrected chi connectivity index (χ0v) is 20.1. The van der Waals surface area contributed by atoms with Crippen molar-refractivity contribution >= 4 is 13.7 Å². The van der Waals surface area contributed by atoms with E-state index in [0.29, 0.717) is 6.20 Å². The number of carbonyl (C=O) groups is 1. The van der Waals surface area contributed by atoms with E-state index in [4.69, 9.17) is 18.5 Å². The van der Waals surface area contributed by atoms with Crippen molar-refractivity contribution in [2.45, 2.75) is 57.8 Å². The van der Waals surface area contributed by atoms with Gasteiger partial charge in [0.15, 0.2) is 0 Å². The van der Waals surface area contributed by atoms with Crippen LogP contribution < -0.4 is 20.9 Å². The molecule has 5 atom stereocenters. The van der Waals surface area contributed by atoms with Crippen LogP contribution >= 0.6 is 7.75 Å². The first-order valence-corrected chi connectivity index (χ1v) is 12.3. The molecule has 1 aliphatic rings. The van der Waals surface area contributed by atoms with Gasteiger partial charge in [-0.2, -0.15) is 9.48 Å². The summed E-state index contributed by atoms with van der Waals surface area (Å²) < 4.78 is 49.6. The fraction of sp³-hybridized carbons (Fsp3) is 0.476. The molecule has 1 unspecified atom stereocenters. The number of aromatic nitrogens is 2. The summed E-state index contributed by atoms with van der Waals surface area (Å²) in [6.07, 6.45) is -3.24. The molecule has 2 aromatic rings. The van der Waals surface area contributed by atoms with E-state index < -0.39 is 68.0 Å². The van der Waals surface area contributed by atoms with Crippen molar-refractivity contribution < 1.29 is 37.4 Å². The zero-order chi connectivity index (χ0) is 25.8. The van der Waals surface area contributed by atoms with Gasteiger partial charge in [-0.3, -0.25) is 23.7 Å². The number of aromatic amines is 1. The molecule has 0 bridgehead atoms. The van der Waals surface area contributed by atoms with Crippen molar-refractivity contribution in [1.82, 2.24) is 14.6 Å². The van der Waals surface area contributed by atoms with Gasteiger partial charge in [0.2, 0.25) is 5.82 Å². The molecule has 14 heteroatoms. The Bertz CT molecular complexity index is 1190. The van der Waals surface area contributed by atoms with E-state index in [0.717, 1.165) is 4.57 Å². The van der Waals surface area contributed by atoms with Crippen LogP contribution in [-0.2, 0) is 23.4 Å². The van der Waals surface area contributed by atoms with Crippen LogP contribution in [0.25, 0.3) is 0 Å². The summed E-state index contributed by atoms with van der Waals surface area (Å²) in [6.45, 7) is 4.27. The lowest BCUT2D eigenvalue weighted by molar-refractivity contribution is -0.149. The first kappa shape index (κ1) is 26.8. The molecule has 3 rings (SSSR count). The van der Waals surface area contributed by atoms with Crippen molar-refractivity contribution in [2.24, 2.45) is 0 Å². The fourth-order valence-electron chi connectivity index (χ4n) is 3.22. The summed E-state index contributed by atoms with van der Waals surface area (Å²) in [7, 11) is -4.21. The topological polar surface area (TPSA) is 158 Å². The highest BCUT2D eigenvalue weighted by Gasteiger charge is 2.39. The van der Waals surface area contributed by atoms with Crippen LogP contribution in [-0.4, -0.2) is 51.6 Å². The Morgan fingerprint density at radius 3 is 2.66 bits per heavy atom. The lowest BCUT2D eigenvalue weighted by Crippen LogP contribution is -2.37. The Labute approximate surface area is 199 Å². The van der Waals surface area contributed by atoms with Gasteiger partial charge in [0.25, 0.3) is 5.56 Å². The average molecular weight is 515 g/mol. The molecule has 2 heterocycles. The zero-order valence-electron chi connectivity index (χ0n) is 19.3. The first-order valence-electron chi connectivity index (χ1n) is 10.8. The number of nitrogens with zero attached hydrogens (tertiary/aromatic N) is 1. The molecule has 3 N–H and O–H groups in total. The molecule has 1 saturated heterocycles. The number of H-pyrrole nitrogens is 1. The molecule has 35 heavy (non-hydrogen) atoms. The van der Waals surface area contributed by atoms with E-state index in [1.165, 1.54) is 19.1 Å². The van der Waals surface area contributed by atoms with Gasteiger partial charge >= 0.3 is 19.4 Å². The van der Waals surface area contributed by atoms with E-state index in [2.05, 4.69) is 5.09 Å². The number of aliphatic hydroxyl groups is 1. The second kappa shape index (κ2) is 11.3. The summed E-state index contributed by atoms with van der Waals surface area (Å²) in [5, 5.41) is 12.9. The van der Waals surface area contributed by atoms with Crippen molar-refractivity contribution in [3.05, 3.63) is 63.2 Å². The van der Waals surface area contributed by atoms with Crippen molar-refractivity contribution in [3.63, 3.8) is 0 Å². The summed E-state index contributed by atoms with van der Waals surface area (Å²) in [5.41, 5.74) is -2.10. The standard InChI is InChI=1S/C21H27FN3O9P/c1-12(2)32-20(28)13(3)24-35(30,34-14-7-5-4-6-8-14)31-11-17-16(26)9-18(33-17)25-10-15(22)19(27)23-21(25)29/h4-8,10,12-13,16-18,26H,9,11H2,1-3H3,(H,24,30)(H,23,27,29)/t13-,16-,17+,18+,35?/m0/s1. The number of hydrogen-bond acceptors (Lipinski definition) is 9. The maximum absolute atomic E-state index is 13.6. The Morgan fingerprint density at radius 1 is 1.31 bits per heavy atom. The van der Waals surface area contributed by atoms with Crippen LogP contribution in [0.15, 0.2) is 46.1 Å². The van der Waals surface area contributed by atoms with Gasteiger partial charge in [0.05, 0.1) is 25.0 Å². The lowest BCUT2D eigenvalue weighted by Gasteiger charge is -2.25. The third kappa shape index (κ3) is 7.09. The van der Waals surface area contributed by atoms with Gasteiger partial charge in [-0.1, -0.05) is 18.2 Å². The molecule has 0 aliphatic carbocycles. The third-order valence-corrected chi connectivity index (χ3v) is 6.52. The minimum absolute atomic E-state index is 0.131. The summed E-state index contributed by atoms with van der Waals surface area (Å²) in [4.78, 5) is 37.3. The highest BCUT2D eigenvalue weighted by molar-refractivity contribution is 7.52. The molecule has 1 aromatic carbocycles. The Hall–Kier alpha value is -2.83. The minimum Gasteiger partial charge on any atom is -0.462 e. The number of aliphatic hydroxyl groups excluding tert-OH is 1. The number of ether oxygens (including phenoxy) is 2. The molecule has 0 amide bonds. The van der Waals surface area contributed by atoms with E-state index in [-0.39, 0.29) is 12.2 Å². The quantitative estimate of drug-likeness (QED) is 0.312. The molecule has 1 aliphatic heterocycles. The summed E-state index contributed by atoms with van der Waals surface area (Å²) >= 11 is 0. The maximum atomic E-state index is 13.6. The van der Waals surface area contributed by atoms with Gasteiger partial charge in [0.1, 0.15) is 24.1 Å². The molecule has 1 aromatic heterocycles. The van der Waals surface area contributed by atoms with Crippen LogP contribution in [0.1, 0.15) is 33.4 Å². The molecule has 0 radical (unpaired) electrons. The monoisotopic (exact) mass is 515 g/mol. The molecule has 1 fully saturated rings. The van der Waals surface area contributed by atoms with E-state index >= 15 is 0 Å². The lowest BCUT2D eigenvalue weighted by atomic mass is 10.2. The summed E-state index contributed by atoms with van der Waals surface area (Å²) in [6, 6.07) is 7.00. The van der Waals surface area contributed by atoms with Gasteiger partial charge in [0, 0.05) is 6.42 Å². The Kier molecular flexibility index (Phi) is 8.62. The largest absolute Gasteiger partial charge is 0.462 e. The van der Waals surface area contributed by atoms with E-state index in [1.54, 1.807) is 32.0 Å². The molecule has 12 nitrogen and oxygen atoms in total.